The molecule has 1 aliphatic carbocycles. The average molecular weight is 569 g/mol. The Morgan fingerprint density at radius 3 is 2.19 bits per heavy atom. The highest BCUT2D eigenvalue weighted by atomic mass is 28.4. The van der Waals surface area contributed by atoms with E-state index in [1.165, 1.54) is 12.8 Å². The van der Waals surface area contributed by atoms with Crippen molar-refractivity contribution in [2.24, 2.45) is 11.8 Å². The smallest absolute Gasteiger partial charge is 0.292 e. The van der Waals surface area contributed by atoms with Crippen LogP contribution in [0, 0.1) is 11.8 Å². The van der Waals surface area contributed by atoms with Crippen molar-refractivity contribution in [2.45, 2.75) is 136 Å². The van der Waals surface area contributed by atoms with Crippen LogP contribution in [0.15, 0.2) is 24.3 Å². The molecule has 0 saturated heterocycles. The second kappa shape index (κ2) is 15.7. The lowest BCUT2D eigenvalue weighted by molar-refractivity contribution is -0.135. The topological polar surface area (TPSA) is 61.8 Å². The molecule has 0 aromatic carbocycles. The van der Waals surface area contributed by atoms with Gasteiger partial charge in [-0.2, -0.15) is 0 Å². The molecular formula is C29H56O5Si3. The number of ketones is 1. The number of rotatable bonds is 17. The molecule has 0 bridgehead atoms. The number of carbonyl (C=O) groups excluding carboxylic acids is 2. The normalized spacial score (nSPS) is 22.3. The van der Waals surface area contributed by atoms with E-state index in [1.807, 2.05) is 19.6 Å². The quantitative estimate of drug-likeness (QED) is 0.100. The fourth-order valence-corrected chi connectivity index (χ4v) is 7.73. The Balaban J connectivity index is 2.87. The summed E-state index contributed by atoms with van der Waals surface area (Å²) in [4.78, 5) is 25.0. The number of Topliss-reactive ketones (excluding diaryl/α,β-unsaturated/α-hetero) is 1. The van der Waals surface area contributed by atoms with Crippen molar-refractivity contribution in [1.82, 2.24) is 0 Å². The zero-order chi connectivity index (χ0) is 28.3. The first-order valence-electron chi connectivity index (χ1n) is 14.4. The molecule has 8 heteroatoms. The van der Waals surface area contributed by atoms with Crippen LogP contribution in [0.25, 0.3) is 0 Å². The van der Waals surface area contributed by atoms with E-state index in [0.717, 1.165) is 25.7 Å². The van der Waals surface area contributed by atoms with E-state index in [9.17, 15) is 9.59 Å². The Morgan fingerprint density at radius 1 is 0.946 bits per heavy atom. The molecule has 0 spiro atoms. The zero-order valence-electron chi connectivity index (χ0n) is 25.5. The average Bonchev–Trinajstić information content (AvgIpc) is 2.98. The van der Waals surface area contributed by atoms with Gasteiger partial charge in [0, 0.05) is 24.7 Å². The van der Waals surface area contributed by atoms with Crippen molar-refractivity contribution < 1.29 is 22.9 Å². The molecular weight excluding hydrogens is 513 g/mol. The van der Waals surface area contributed by atoms with Crippen molar-refractivity contribution in [3.8, 4) is 0 Å². The van der Waals surface area contributed by atoms with Crippen LogP contribution in [0.1, 0.15) is 64.7 Å². The number of hydrogen-bond acceptors (Lipinski definition) is 5. The molecule has 5 nitrogen and oxygen atoms in total. The summed E-state index contributed by atoms with van der Waals surface area (Å²) in [6.07, 6.45) is 16.6. The first-order valence-corrected chi connectivity index (χ1v) is 24.7. The summed E-state index contributed by atoms with van der Waals surface area (Å²) in [6, 6.07) is 0. The summed E-state index contributed by atoms with van der Waals surface area (Å²) in [6.45, 7) is 21.6. The molecule has 37 heavy (non-hydrogen) atoms. The highest BCUT2D eigenvalue weighted by Gasteiger charge is 2.42. The summed E-state index contributed by atoms with van der Waals surface area (Å²) in [5.41, 5.74) is 0. The number of allylic oxidation sites excluding steroid dienone is 2. The molecule has 0 aromatic heterocycles. The van der Waals surface area contributed by atoms with Gasteiger partial charge >= 0.3 is 0 Å². The molecule has 0 N–H and O–H groups in total. The van der Waals surface area contributed by atoms with Crippen LogP contribution in [-0.2, 0) is 22.9 Å². The standard InChI is InChI=1S/C29H56O5Si3/c1-11-12-15-18-24(32-35(2,3)4)21-22-26-25(27(30)23-28(26)33-36(5,6)7)19-16-13-14-17-20-29(31)34-37(8,9)10/h13,16,21-22,24-26,28H,11-12,14-15,17-20,23H2,1-10H3/b16-13+,22-21+. The fraction of sp³-hybridized carbons (Fsp3) is 0.793. The lowest BCUT2D eigenvalue weighted by atomic mass is 9.90. The van der Waals surface area contributed by atoms with E-state index in [0.29, 0.717) is 25.0 Å². The van der Waals surface area contributed by atoms with E-state index in [4.69, 9.17) is 13.3 Å². The first-order chi connectivity index (χ1) is 17.0. The van der Waals surface area contributed by atoms with E-state index in [-0.39, 0.29) is 30.0 Å². The van der Waals surface area contributed by atoms with Gasteiger partial charge < -0.3 is 13.3 Å². The van der Waals surface area contributed by atoms with Gasteiger partial charge in [0.1, 0.15) is 5.78 Å². The van der Waals surface area contributed by atoms with Crippen LogP contribution >= 0.6 is 0 Å². The van der Waals surface area contributed by atoms with Gasteiger partial charge in [-0.05, 0) is 84.6 Å². The number of unbranched alkanes of at least 4 members (excludes halogenated alkanes) is 3. The number of carbonyl (C=O) groups is 2. The van der Waals surface area contributed by atoms with E-state index >= 15 is 0 Å². The molecule has 4 unspecified atom stereocenters. The first kappa shape index (κ1) is 34.2. The van der Waals surface area contributed by atoms with Gasteiger partial charge in [0.05, 0.1) is 12.2 Å². The molecule has 0 aromatic rings. The molecule has 1 fully saturated rings. The summed E-state index contributed by atoms with van der Waals surface area (Å²) in [7, 11) is -5.29. The minimum atomic E-state index is -1.82. The van der Waals surface area contributed by atoms with Crippen LogP contribution in [0.2, 0.25) is 58.9 Å². The molecule has 0 aliphatic heterocycles. The van der Waals surface area contributed by atoms with Crippen molar-refractivity contribution in [3.05, 3.63) is 24.3 Å². The Hall–Kier alpha value is -0.809. The summed E-state index contributed by atoms with van der Waals surface area (Å²) in [5, 5.41) is 0. The molecule has 0 heterocycles. The molecule has 1 aliphatic rings. The Morgan fingerprint density at radius 2 is 1.62 bits per heavy atom. The van der Waals surface area contributed by atoms with E-state index in [2.05, 4.69) is 70.5 Å². The van der Waals surface area contributed by atoms with Crippen LogP contribution in [0.5, 0.6) is 0 Å². The van der Waals surface area contributed by atoms with Crippen LogP contribution < -0.4 is 0 Å². The van der Waals surface area contributed by atoms with Crippen molar-refractivity contribution in [3.63, 3.8) is 0 Å². The SMILES string of the molecule is CCCCCC(/C=C/C1C(O[Si](C)(C)C)CC(=O)C1C/C=C/CCCC(=O)O[Si](C)(C)C)O[Si](C)(C)C. The molecule has 1 saturated carbocycles. The van der Waals surface area contributed by atoms with Crippen LogP contribution in [0.4, 0.5) is 0 Å². The van der Waals surface area contributed by atoms with Gasteiger partial charge in [0.2, 0.25) is 8.32 Å². The second-order valence-electron chi connectivity index (χ2n) is 13.5. The highest BCUT2D eigenvalue weighted by molar-refractivity contribution is 6.71. The number of hydrogen-bond donors (Lipinski definition) is 0. The maximum Gasteiger partial charge on any atom is 0.292 e. The Kier molecular flexibility index (Phi) is 14.5. The second-order valence-corrected chi connectivity index (χ2v) is 26.8. The monoisotopic (exact) mass is 568 g/mol. The van der Waals surface area contributed by atoms with Gasteiger partial charge in [0.15, 0.2) is 16.6 Å². The summed E-state index contributed by atoms with van der Waals surface area (Å²) < 4.78 is 18.5. The molecule has 4 atom stereocenters. The predicted octanol–water partition coefficient (Wildman–Crippen LogP) is 8.26. The van der Waals surface area contributed by atoms with Crippen molar-refractivity contribution in [2.75, 3.05) is 0 Å². The van der Waals surface area contributed by atoms with Crippen molar-refractivity contribution >= 4 is 36.7 Å². The largest absolute Gasteiger partial charge is 0.520 e. The van der Waals surface area contributed by atoms with E-state index in [1.54, 1.807) is 0 Å². The maximum absolute atomic E-state index is 13.1. The predicted molar refractivity (Wildman–Crippen MR) is 163 cm³/mol. The third kappa shape index (κ3) is 16.0. The third-order valence-electron chi connectivity index (χ3n) is 6.09. The molecule has 0 amide bonds. The van der Waals surface area contributed by atoms with Gasteiger partial charge in [0.25, 0.3) is 5.97 Å². The Bertz CT molecular complexity index is 759. The van der Waals surface area contributed by atoms with Gasteiger partial charge in [-0.25, -0.2) is 0 Å². The fourth-order valence-electron chi connectivity index (χ4n) is 4.69. The van der Waals surface area contributed by atoms with E-state index < -0.39 is 25.0 Å². The highest BCUT2D eigenvalue weighted by Crippen LogP contribution is 2.37. The molecule has 214 valence electrons. The Labute approximate surface area is 231 Å². The van der Waals surface area contributed by atoms with Gasteiger partial charge in [-0.15, -0.1) is 0 Å². The third-order valence-corrected chi connectivity index (χ3v) is 8.95. The van der Waals surface area contributed by atoms with Gasteiger partial charge in [-0.3, -0.25) is 9.59 Å². The van der Waals surface area contributed by atoms with Crippen LogP contribution in [0.3, 0.4) is 0 Å². The summed E-state index contributed by atoms with van der Waals surface area (Å²) in [5.74, 6) is 0.224. The lowest BCUT2D eigenvalue weighted by Crippen LogP contribution is -2.35. The lowest BCUT2D eigenvalue weighted by Gasteiger charge is -2.29. The zero-order valence-corrected chi connectivity index (χ0v) is 28.5. The van der Waals surface area contributed by atoms with Crippen molar-refractivity contribution in [1.29, 1.82) is 0 Å². The van der Waals surface area contributed by atoms with Crippen LogP contribution in [-0.4, -0.2) is 48.9 Å². The minimum Gasteiger partial charge on any atom is -0.520 e. The molecule has 1 rings (SSSR count). The minimum absolute atomic E-state index is 0.0478. The summed E-state index contributed by atoms with van der Waals surface area (Å²) >= 11 is 0. The maximum atomic E-state index is 13.1. The molecule has 0 radical (unpaired) electrons. The van der Waals surface area contributed by atoms with Gasteiger partial charge in [-0.1, -0.05) is 50.5 Å².